The lowest BCUT2D eigenvalue weighted by molar-refractivity contribution is 0.562. The van der Waals surface area contributed by atoms with Gasteiger partial charge in [-0.25, -0.2) is 9.97 Å². The van der Waals surface area contributed by atoms with Crippen molar-refractivity contribution in [3.63, 3.8) is 0 Å². The molecule has 0 N–H and O–H groups in total. The summed E-state index contributed by atoms with van der Waals surface area (Å²) in [5.74, 6) is 0.712. The van der Waals surface area contributed by atoms with E-state index in [4.69, 9.17) is 0 Å². The fourth-order valence-corrected chi connectivity index (χ4v) is 1.27. The van der Waals surface area contributed by atoms with Crippen LogP contribution in [0.25, 0.3) is 0 Å². The smallest absolute Gasteiger partial charge is 0.144 e. The fraction of sp³-hybridized carbons (Fsp3) is 0.500. The van der Waals surface area contributed by atoms with E-state index in [1.54, 1.807) is 18.6 Å². The summed E-state index contributed by atoms with van der Waals surface area (Å²) < 4.78 is 15.2. The molecule has 0 aromatic carbocycles. The van der Waals surface area contributed by atoms with Crippen LogP contribution in [0.3, 0.4) is 0 Å². The van der Waals surface area contributed by atoms with Crippen molar-refractivity contribution in [3.8, 4) is 0 Å². The van der Waals surface area contributed by atoms with Gasteiger partial charge in [0.15, 0.2) is 0 Å². The summed E-state index contributed by atoms with van der Waals surface area (Å²) in [6, 6.07) is 0. The highest BCUT2D eigenvalue weighted by atomic mass is 32.2. The third-order valence-electron chi connectivity index (χ3n) is 1.62. The monoisotopic (exact) mass is 225 g/mol. The molecule has 0 aliphatic rings. The summed E-state index contributed by atoms with van der Waals surface area (Å²) in [5.41, 5.74) is 0.762. The summed E-state index contributed by atoms with van der Waals surface area (Å²) >= 11 is -1.23. The lowest BCUT2D eigenvalue weighted by atomic mass is 10.3. The van der Waals surface area contributed by atoms with E-state index in [1.165, 1.54) is 0 Å². The molecular formula is C10H15N3OS. The van der Waals surface area contributed by atoms with Crippen molar-refractivity contribution in [1.82, 2.24) is 9.97 Å². The molecule has 0 spiro atoms. The van der Waals surface area contributed by atoms with Crippen LogP contribution in [0.5, 0.6) is 0 Å². The van der Waals surface area contributed by atoms with Crippen molar-refractivity contribution in [3.05, 3.63) is 23.8 Å². The molecule has 15 heavy (non-hydrogen) atoms. The van der Waals surface area contributed by atoms with Crippen LogP contribution in [0, 0.1) is 6.92 Å². The molecule has 0 bridgehead atoms. The summed E-state index contributed by atoms with van der Waals surface area (Å²) in [6.45, 7) is 7.46. The van der Waals surface area contributed by atoms with Crippen LogP contribution in [0.4, 0.5) is 0 Å². The molecule has 1 aromatic rings. The predicted octanol–water partition coefficient (Wildman–Crippen LogP) is 1.67. The summed E-state index contributed by atoms with van der Waals surface area (Å²) in [6.07, 6.45) is 4.86. The maximum absolute atomic E-state index is 11.6. The first-order chi connectivity index (χ1) is 6.89. The van der Waals surface area contributed by atoms with E-state index < -0.39 is 11.4 Å². The van der Waals surface area contributed by atoms with Crippen molar-refractivity contribution in [2.75, 3.05) is 0 Å². The standard InChI is InChI=1S/C10H15N3OS/c1-8-11-5-9(6-12-8)7-13-15(14)10(2,3)4/h5-7H,1-4H3/t15-/m0/s1. The molecular weight excluding hydrogens is 210 g/mol. The Hall–Kier alpha value is -0.940. The first-order valence-electron chi connectivity index (χ1n) is 4.64. The molecule has 0 amide bonds. The Bertz CT molecular complexity index is 343. The lowest BCUT2D eigenvalue weighted by Crippen LogP contribution is -2.25. The van der Waals surface area contributed by atoms with Gasteiger partial charge < -0.3 is 4.55 Å². The molecule has 1 atom stereocenters. The zero-order valence-corrected chi connectivity index (χ0v) is 10.2. The SMILES string of the molecule is Cc1ncc(C=N[S@@+]([O-])C(C)(C)C)cn1. The molecule has 0 aliphatic heterocycles. The van der Waals surface area contributed by atoms with Gasteiger partial charge in [-0.2, -0.15) is 0 Å². The van der Waals surface area contributed by atoms with Crippen molar-refractivity contribution < 1.29 is 4.55 Å². The number of hydrogen-bond donors (Lipinski definition) is 0. The fourth-order valence-electron chi connectivity index (χ4n) is 0.736. The molecule has 0 fully saturated rings. The Labute approximate surface area is 93.2 Å². The number of aryl methyl sites for hydroxylation is 1. The minimum absolute atomic E-state index is 0.331. The molecule has 1 rings (SSSR count). The van der Waals surface area contributed by atoms with Crippen LogP contribution in [-0.4, -0.2) is 25.5 Å². The van der Waals surface area contributed by atoms with E-state index in [9.17, 15) is 4.55 Å². The molecule has 0 saturated carbocycles. The van der Waals surface area contributed by atoms with Crippen LogP contribution in [0.2, 0.25) is 0 Å². The normalized spacial score (nSPS) is 14.5. The van der Waals surface area contributed by atoms with Crippen molar-refractivity contribution in [2.24, 2.45) is 4.40 Å². The zero-order valence-electron chi connectivity index (χ0n) is 9.39. The number of hydrogen-bond acceptors (Lipinski definition) is 4. The summed E-state index contributed by atoms with van der Waals surface area (Å²) in [5, 5.41) is 0. The largest absolute Gasteiger partial charge is 0.591 e. The molecule has 0 unspecified atom stereocenters. The summed E-state index contributed by atoms with van der Waals surface area (Å²) in [4.78, 5) is 8.04. The second-order valence-electron chi connectivity index (χ2n) is 4.16. The number of rotatable bonds is 2. The minimum atomic E-state index is -1.23. The van der Waals surface area contributed by atoms with Crippen LogP contribution < -0.4 is 0 Å². The second-order valence-corrected chi connectivity index (χ2v) is 6.09. The van der Waals surface area contributed by atoms with Gasteiger partial charge in [0.25, 0.3) is 0 Å². The van der Waals surface area contributed by atoms with Gasteiger partial charge in [-0.05, 0) is 27.7 Å². The Morgan fingerprint density at radius 3 is 2.33 bits per heavy atom. The van der Waals surface area contributed by atoms with E-state index in [0.29, 0.717) is 5.82 Å². The Morgan fingerprint density at radius 2 is 1.87 bits per heavy atom. The molecule has 1 heterocycles. The van der Waals surface area contributed by atoms with Gasteiger partial charge in [0.2, 0.25) is 0 Å². The summed E-state index contributed by atoms with van der Waals surface area (Å²) in [7, 11) is 0. The first kappa shape index (κ1) is 12.1. The average molecular weight is 225 g/mol. The van der Waals surface area contributed by atoms with E-state index in [0.717, 1.165) is 5.56 Å². The number of nitrogens with zero attached hydrogens (tertiary/aromatic N) is 3. The van der Waals surface area contributed by atoms with Gasteiger partial charge >= 0.3 is 0 Å². The second kappa shape index (κ2) is 4.72. The Kier molecular flexibility index (Phi) is 3.82. The van der Waals surface area contributed by atoms with Gasteiger partial charge in [-0.15, -0.1) is 0 Å². The van der Waals surface area contributed by atoms with Crippen molar-refractivity contribution in [1.29, 1.82) is 0 Å². The Balaban J connectivity index is 2.70. The van der Waals surface area contributed by atoms with E-state index in [1.807, 2.05) is 27.7 Å². The van der Waals surface area contributed by atoms with Crippen LogP contribution in [0.15, 0.2) is 16.8 Å². The third kappa shape index (κ3) is 3.97. The molecule has 4 nitrogen and oxygen atoms in total. The van der Waals surface area contributed by atoms with Gasteiger partial charge in [0.05, 0.1) is 6.21 Å². The van der Waals surface area contributed by atoms with Gasteiger partial charge in [0.1, 0.15) is 21.9 Å². The van der Waals surface area contributed by atoms with Gasteiger partial charge in [-0.1, -0.05) is 4.40 Å². The van der Waals surface area contributed by atoms with Gasteiger partial charge in [0, 0.05) is 18.0 Å². The minimum Gasteiger partial charge on any atom is -0.591 e. The van der Waals surface area contributed by atoms with Crippen molar-refractivity contribution in [2.45, 2.75) is 32.4 Å². The number of aromatic nitrogens is 2. The zero-order chi connectivity index (χ0) is 11.5. The molecule has 0 radical (unpaired) electrons. The van der Waals surface area contributed by atoms with E-state index >= 15 is 0 Å². The molecule has 0 aliphatic carbocycles. The van der Waals surface area contributed by atoms with Gasteiger partial charge in [-0.3, -0.25) is 0 Å². The molecule has 1 aromatic heterocycles. The lowest BCUT2D eigenvalue weighted by Gasteiger charge is -2.17. The maximum Gasteiger partial charge on any atom is 0.144 e. The Morgan fingerprint density at radius 1 is 1.33 bits per heavy atom. The van der Waals surface area contributed by atoms with E-state index in [2.05, 4.69) is 14.4 Å². The van der Waals surface area contributed by atoms with Crippen molar-refractivity contribution >= 4 is 17.6 Å². The predicted molar refractivity (Wildman–Crippen MR) is 62.3 cm³/mol. The average Bonchev–Trinajstić information content (AvgIpc) is 2.15. The molecule has 0 saturated heterocycles. The quantitative estimate of drug-likeness (QED) is 0.568. The van der Waals surface area contributed by atoms with E-state index in [-0.39, 0.29) is 4.75 Å². The van der Waals surface area contributed by atoms with Crippen LogP contribution >= 0.6 is 0 Å². The maximum atomic E-state index is 11.6. The van der Waals surface area contributed by atoms with Crippen LogP contribution in [0.1, 0.15) is 32.2 Å². The molecule has 82 valence electrons. The topological polar surface area (TPSA) is 61.2 Å². The highest BCUT2D eigenvalue weighted by Crippen LogP contribution is 2.16. The first-order valence-corrected chi connectivity index (χ1v) is 5.75. The molecule has 5 heteroatoms. The highest BCUT2D eigenvalue weighted by molar-refractivity contribution is 7.91. The van der Waals surface area contributed by atoms with Crippen LogP contribution in [-0.2, 0) is 11.4 Å². The highest BCUT2D eigenvalue weighted by Gasteiger charge is 2.25. The third-order valence-corrected chi connectivity index (χ3v) is 2.97.